The molecule has 3 aromatic heterocycles. The summed E-state index contributed by atoms with van der Waals surface area (Å²) in [6.45, 7) is 10.6. The molecule has 12 nitrogen and oxygen atoms in total. The second kappa shape index (κ2) is 15.6. The second-order valence-electron chi connectivity index (χ2n) is 11.2. The summed E-state index contributed by atoms with van der Waals surface area (Å²) < 4.78 is 17.4. The van der Waals surface area contributed by atoms with E-state index in [1.165, 1.54) is 16.2 Å². The predicted molar refractivity (Wildman–Crippen MR) is 154 cm³/mol. The average molecular weight is 638 g/mol. The molecule has 3 atom stereocenters. The van der Waals surface area contributed by atoms with Gasteiger partial charge in [0.25, 0.3) is 0 Å². The number of likely N-dealkylation sites (tertiary alicyclic amines) is 1. The molecule has 0 spiro atoms. The van der Waals surface area contributed by atoms with Gasteiger partial charge in [-0.15, -0.1) is 17.9 Å². The van der Waals surface area contributed by atoms with Gasteiger partial charge in [-0.3, -0.25) is 4.79 Å². The summed E-state index contributed by atoms with van der Waals surface area (Å²) in [4.78, 5) is 48.8. The molecule has 1 fully saturated rings. The molecular formula is C29H36KN5O7S. The molecule has 1 saturated heterocycles. The number of allylic oxidation sites excluding steroid dienone is 1. The van der Waals surface area contributed by atoms with E-state index in [0.29, 0.717) is 40.3 Å². The van der Waals surface area contributed by atoms with Crippen molar-refractivity contribution in [2.45, 2.75) is 90.0 Å². The summed E-state index contributed by atoms with van der Waals surface area (Å²) in [6, 6.07) is 1.30. The molecule has 2 amide bonds. The maximum absolute atomic E-state index is 13.7. The van der Waals surface area contributed by atoms with Gasteiger partial charge in [0.15, 0.2) is 11.5 Å². The summed E-state index contributed by atoms with van der Waals surface area (Å²) in [5, 5.41) is 20.7. The number of aliphatic carboxylic acids is 1. The molecule has 1 aliphatic rings. The van der Waals surface area contributed by atoms with E-state index in [0.717, 1.165) is 19.3 Å². The molecule has 0 bridgehead atoms. The molecule has 0 saturated carbocycles. The van der Waals surface area contributed by atoms with Crippen molar-refractivity contribution >= 4 is 39.5 Å². The number of carboxylic acid groups (broad SMARTS) is 1. The number of aryl methyl sites for hydroxylation is 1. The number of fused-ring (bicyclic) bond motifs is 1. The van der Waals surface area contributed by atoms with Crippen molar-refractivity contribution in [3.8, 4) is 17.4 Å². The second-order valence-corrected chi connectivity index (χ2v) is 12.2. The predicted octanol–water partition coefficient (Wildman–Crippen LogP) is 0.787. The number of hydrogen-bond donors (Lipinski definition) is 1. The van der Waals surface area contributed by atoms with E-state index < -0.39 is 41.8 Å². The third-order valence-corrected chi connectivity index (χ3v) is 7.51. The first-order valence-electron chi connectivity index (χ1n) is 13.9. The normalized spacial score (nSPS) is 17.3. The van der Waals surface area contributed by atoms with Crippen LogP contribution in [0.5, 0.6) is 5.88 Å². The number of amides is 2. The number of aromatic nitrogens is 3. The van der Waals surface area contributed by atoms with Gasteiger partial charge in [-0.25, -0.2) is 9.78 Å². The van der Waals surface area contributed by atoms with Gasteiger partial charge in [0.2, 0.25) is 11.8 Å². The van der Waals surface area contributed by atoms with Crippen LogP contribution in [-0.4, -0.2) is 68.3 Å². The Labute approximate surface area is 297 Å². The molecule has 0 aromatic carbocycles. The number of ether oxygens (including phenoxy) is 2. The van der Waals surface area contributed by atoms with Crippen molar-refractivity contribution in [1.29, 1.82) is 0 Å². The van der Waals surface area contributed by atoms with E-state index in [9.17, 15) is 19.5 Å². The van der Waals surface area contributed by atoms with Crippen molar-refractivity contribution in [1.82, 2.24) is 25.3 Å². The number of unbranched alkanes of at least 4 members (excludes halogenated alkanes) is 3. The number of carbonyl (C=O) groups excluding carboxylic acids is 3. The van der Waals surface area contributed by atoms with Crippen LogP contribution < -0.4 is 66.5 Å². The first-order valence-corrected chi connectivity index (χ1v) is 14.8. The Kier molecular flexibility index (Phi) is 12.7. The van der Waals surface area contributed by atoms with E-state index in [2.05, 4.69) is 27.0 Å². The SMILES string of the molecule is C=CCCCCC[C@H](NC(=O)OC(C)(C)C)C(=O)N1C[C@H](Oc2nc(-c3cc(C)on3)nc3ccsc23)C[C@H]1C(=O)[O-].[K+]. The van der Waals surface area contributed by atoms with E-state index >= 15 is 0 Å². The van der Waals surface area contributed by atoms with Crippen LogP contribution in [0, 0.1) is 6.92 Å². The maximum Gasteiger partial charge on any atom is 1.00 e. The molecule has 1 aliphatic heterocycles. The average Bonchev–Trinajstić information content (AvgIpc) is 3.66. The van der Waals surface area contributed by atoms with Crippen LogP contribution in [0.3, 0.4) is 0 Å². The molecule has 14 heteroatoms. The monoisotopic (exact) mass is 637 g/mol. The first kappa shape index (κ1) is 35.1. The largest absolute Gasteiger partial charge is 1.00 e. The third kappa shape index (κ3) is 9.56. The van der Waals surface area contributed by atoms with Crippen molar-refractivity contribution in [3.63, 3.8) is 0 Å². The van der Waals surface area contributed by atoms with Crippen LogP contribution in [0.4, 0.5) is 4.79 Å². The number of nitrogens with one attached hydrogen (secondary N) is 1. The Balaban J connectivity index is 0.00000506. The molecule has 3 aromatic rings. The summed E-state index contributed by atoms with van der Waals surface area (Å²) in [5.74, 6) is -0.786. The van der Waals surface area contributed by atoms with Crippen LogP contribution in [0.25, 0.3) is 21.7 Å². The fraction of sp³-hybridized carbons (Fsp3) is 0.517. The van der Waals surface area contributed by atoms with E-state index in [4.69, 9.17) is 14.0 Å². The zero-order valence-electron chi connectivity index (χ0n) is 25.3. The fourth-order valence-corrected chi connectivity index (χ4v) is 5.49. The molecule has 226 valence electrons. The summed E-state index contributed by atoms with van der Waals surface area (Å²) >= 11 is 1.38. The van der Waals surface area contributed by atoms with E-state index in [1.54, 1.807) is 33.8 Å². The molecule has 1 N–H and O–H groups in total. The molecule has 0 unspecified atom stereocenters. The summed E-state index contributed by atoms with van der Waals surface area (Å²) in [5.41, 5.74) is 0.308. The zero-order chi connectivity index (χ0) is 30.4. The van der Waals surface area contributed by atoms with Crippen molar-refractivity contribution < 1.29 is 84.9 Å². The number of rotatable bonds is 12. The summed E-state index contributed by atoms with van der Waals surface area (Å²) in [6.07, 6.45) is 3.89. The molecule has 43 heavy (non-hydrogen) atoms. The van der Waals surface area contributed by atoms with Gasteiger partial charge in [0, 0.05) is 12.5 Å². The standard InChI is InChI=1S/C29H37N5O7S.K/c1-6-7-8-9-10-11-20(31-28(38)40-29(3,4)5)26(35)34-16-18(15-22(34)27(36)37)39-25-23-19(12-13-42-23)30-24(32-25)21-14-17(2)41-33-21;/h6,12-14,18,20,22H,1,7-11,15-16H2,2-5H3,(H,31,38)(H,36,37);/q;+1/p-1/t18-,20+,22+;/m1./s1. The number of carbonyl (C=O) groups is 3. The minimum absolute atomic E-state index is 0. The Morgan fingerprint density at radius 2 is 2.05 bits per heavy atom. The minimum Gasteiger partial charge on any atom is -0.548 e. The van der Waals surface area contributed by atoms with Crippen molar-refractivity contribution in [3.05, 3.63) is 35.9 Å². The van der Waals surface area contributed by atoms with Gasteiger partial charge in [0.1, 0.15) is 28.2 Å². The van der Waals surface area contributed by atoms with Crippen molar-refractivity contribution in [2.24, 2.45) is 0 Å². The number of hydrogen-bond acceptors (Lipinski definition) is 11. The molecule has 4 heterocycles. The zero-order valence-corrected chi connectivity index (χ0v) is 29.2. The van der Waals surface area contributed by atoms with Crippen molar-refractivity contribution in [2.75, 3.05) is 6.54 Å². The van der Waals surface area contributed by atoms with Gasteiger partial charge >= 0.3 is 57.5 Å². The van der Waals surface area contributed by atoms with Gasteiger partial charge in [0.05, 0.1) is 24.1 Å². The maximum atomic E-state index is 13.7. The van der Waals surface area contributed by atoms with Crippen LogP contribution in [0.15, 0.2) is 34.7 Å². The number of nitrogens with zero attached hydrogens (tertiary/aromatic N) is 4. The van der Waals surface area contributed by atoms with Crippen LogP contribution >= 0.6 is 11.3 Å². The Morgan fingerprint density at radius 3 is 2.70 bits per heavy atom. The Bertz CT molecular complexity index is 1440. The Morgan fingerprint density at radius 1 is 1.28 bits per heavy atom. The van der Waals surface area contributed by atoms with E-state index in [1.807, 2.05) is 17.5 Å². The van der Waals surface area contributed by atoms with E-state index in [-0.39, 0.29) is 70.2 Å². The van der Waals surface area contributed by atoms with Crippen LogP contribution in [0.2, 0.25) is 0 Å². The number of carboxylic acids is 1. The van der Waals surface area contributed by atoms with Gasteiger partial charge in [-0.1, -0.05) is 24.1 Å². The minimum atomic E-state index is -1.40. The topological polar surface area (TPSA) is 160 Å². The van der Waals surface area contributed by atoms with Gasteiger partial charge in [-0.2, -0.15) is 4.98 Å². The first-order chi connectivity index (χ1) is 19.9. The molecule has 0 aliphatic carbocycles. The molecule has 4 rings (SSSR count). The molecule has 0 radical (unpaired) electrons. The molecular weight excluding hydrogens is 602 g/mol. The van der Waals surface area contributed by atoms with Gasteiger partial charge in [-0.05, 0) is 58.4 Å². The quantitative estimate of drug-likeness (QED) is 0.171. The van der Waals surface area contributed by atoms with Crippen LogP contribution in [-0.2, 0) is 14.3 Å². The van der Waals surface area contributed by atoms with Gasteiger partial charge < -0.3 is 34.1 Å². The smallest absolute Gasteiger partial charge is 0.548 e. The van der Waals surface area contributed by atoms with Crippen LogP contribution in [0.1, 0.15) is 65.1 Å². The fourth-order valence-electron chi connectivity index (χ4n) is 4.73. The Hall–Kier alpha value is -2.36. The number of alkyl carbamates (subject to hydrolysis) is 1. The third-order valence-electron chi connectivity index (χ3n) is 6.62. The summed E-state index contributed by atoms with van der Waals surface area (Å²) in [7, 11) is 0. The number of thiophene rings is 1.